The van der Waals surface area contributed by atoms with Crippen molar-refractivity contribution in [2.45, 2.75) is 31.6 Å². The van der Waals surface area contributed by atoms with Gasteiger partial charge >= 0.3 is 5.97 Å². The van der Waals surface area contributed by atoms with E-state index in [0.717, 1.165) is 18.4 Å². The number of carbonyl (C=O) groups is 1. The van der Waals surface area contributed by atoms with Gasteiger partial charge in [0.1, 0.15) is 0 Å². The van der Waals surface area contributed by atoms with Gasteiger partial charge in [-0.25, -0.2) is 0 Å². The fourth-order valence-electron chi connectivity index (χ4n) is 2.82. The van der Waals surface area contributed by atoms with Crippen LogP contribution < -0.4 is 0 Å². The third-order valence-corrected chi connectivity index (χ3v) is 4.60. The summed E-state index contributed by atoms with van der Waals surface area (Å²) in [5, 5.41) is 10.5. The van der Waals surface area contributed by atoms with Gasteiger partial charge in [0.05, 0.1) is 15.5 Å². The second-order valence-electron chi connectivity index (χ2n) is 4.70. The number of carboxylic acid groups (broad SMARTS) is 1. The van der Waals surface area contributed by atoms with E-state index in [2.05, 4.69) is 0 Å². The number of aliphatic carboxylic acids is 1. The molecule has 0 bridgehead atoms. The molecule has 2 nitrogen and oxygen atoms in total. The second-order valence-corrected chi connectivity index (χ2v) is 5.51. The lowest BCUT2D eigenvalue weighted by molar-refractivity contribution is -0.145. The first kappa shape index (κ1) is 12.7. The highest BCUT2D eigenvalue weighted by Gasteiger charge is 2.48. The van der Waals surface area contributed by atoms with E-state index in [1.165, 1.54) is 0 Å². The zero-order valence-corrected chi connectivity index (χ0v) is 11.1. The van der Waals surface area contributed by atoms with E-state index in [1.54, 1.807) is 18.2 Å². The number of hydrogen-bond donors (Lipinski definition) is 1. The quantitative estimate of drug-likeness (QED) is 0.879. The maximum absolute atomic E-state index is 11.7. The zero-order chi connectivity index (χ0) is 12.6. The molecule has 17 heavy (non-hydrogen) atoms. The summed E-state index contributed by atoms with van der Waals surface area (Å²) in [6, 6.07) is 5.15. The summed E-state index contributed by atoms with van der Waals surface area (Å²) in [6.07, 6.45) is 2.54. The molecule has 2 unspecified atom stereocenters. The molecule has 92 valence electrons. The summed E-state index contributed by atoms with van der Waals surface area (Å²) in [7, 11) is 0. The summed E-state index contributed by atoms with van der Waals surface area (Å²) >= 11 is 11.9. The number of rotatable bonds is 2. The van der Waals surface area contributed by atoms with Gasteiger partial charge in [-0.05, 0) is 36.5 Å². The molecule has 2 atom stereocenters. The third kappa shape index (κ3) is 1.94. The van der Waals surface area contributed by atoms with Crippen LogP contribution in [0, 0.1) is 5.92 Å². The molecule has 1 N–H and O–H groups in total. The van der Waals surface area contributed by atoms with Gasteiger partial charge in [-0.15, -0.1) is 0 Å². The van der Waals surface area contributed by atoms with Crippen molar-refractivity contribution in [2.24, 2.45) is 5.92 Å². The maximum atomic E-state index is 11.7. The van der Waals surface area contributed by atoms with Crippen LogP contribution in [0.15, 0.2) is 18.2 Å². The molecule has 0 amide bonds. The Morgan fingerprint density at radius 3 is 2.59 bits per heavy atom. The summed E-state index contributed by atoms with van der Waals surface area (Å²) < 4.78 is 0. The molecule has 4 heteroatoms. The fourth-order valence-corrected chi connectivity index (χ4v) is 3.12. The van der Waals surface area contributed by atoms with E-state index >= 15 is 0 Å². The smallest absolute Gasteiger partial charge is 0.314 e. The van der Waals surface area contributed by atoms with Crippen molar-refractivity contribution >= 4 is 29.2 Å². The standard InChI is InChI=1S/C13H14Cl2O2/c1-8-3-2-6-13(8,12(16)17)9-4-5-10(14)11(15)7-9/h4-5,7-8H,2-3,6H2,1H3,(H,16,17). The zero-order valence-electron chi connectivity index (χ0n) is 9.54. The Bertz CT molecular complexity index is 459. The minimum Gasteiger partial charge on any atom is -0.481 e. The number of halogens is 2. The molecule has 0 spiro atoms. The van der Waals surface area contributed by atoms with Gasteiger partial charge in [0.15, 0.2) is 0 Å². The van der Waals surface area contributed by atoms with Crippen LogP contribution >= 0.6 is 23.2 Å². The molecule has 0 aliphatic heterocycles. The molecule has 0 saturated heterocycles. The molecule has 0 heterocycles. The van der Waals surface area contributed by atoms with Crippen LogP contribution in [-0.4, -0.2) is 11.1 Å². The molecule has 0 aromatic heterocycles. The molecule has 1 aliphatic rings. The topological polar surface area (TPSA) is 37.3 Å². The van der Waals surface area contributed by atoms with Crippen LogP contribution in [0.1, 0.15) is 31.7 Å². The SMILES string of the molecule is CC1CCCC1(C(=O)O)c1ccc(Cl)c(Cl)c1. The van der Waals surface area contributed by atoms with E-state index in [0.29, 0.717) is 16.5 Å². The highest BCUT2D eigenvalue weighted by atomic mass is 35.5. The molecule has 2 rings (SSSR count). The van der Waals surface area contributed by atoms with Crippen molar-refractivity contribution in [3.05, 3.63) is 33.8 Å². The van der Waals surface area contributed by atoms with Gasteiger partial charge in [-0.1, -0.05) is 42.6 Å². The van der Waals surface area contributed by atoms with Crippen LogP contribution in [0.25, 0.3) is 0 Å². The first-order valence-corrected chi connectivity index (χ1v) is 6.43. The molecule has 0 radical (unpaired) electrons. The minimum atomic E-state index is -0.797. The molecule has 1 aliphatic carbocycles. The molecule has 1 saturated carbocycles. The summed E-state index contributed by atoms with van der Waals surface area (Å²) in [6.45, 7) is 1.99. The Balaban J connectivity index is 2.54. The second kappa shape index (κ2) is 4.51. The summed E-state index contributed by atoms with van der Waals surface area (Å²) in [5.74, 6) is -0.641. The molecule has 1 aromatic rings. The Morgan fingerprint density at radius 1 is 1.41 bits per heavy atom. The monoisotopic (exact) mass is 272 g/mol. The maximum Gasteiger partial charge on any atom is 0.314 e. The number of hydrogen-bond acceptors (Lipinski definition) is 1. The predicted molar refractivity (Wildman–Crippen MR) is 68.8 cm³/mol. The molecule has 1 aromatic carbocycles. The van der Waals surface area contributed by atoms with Gasteiger partial charge in [-0.2, -0.15) is 0 Å². The molecular formula is C13H14Cl2O2. The van der Waals surface area contributed by atoms with E-state index in [-0.39, 0.29) is 5.92 Å². The summed E-state index contributed by atoms with van der Waals surface area (Å²) in [5.41, 5.74) is -0.0294. The van der Waals surface area contributed by atoms with Crippen molar-refractivity contribution in [3.8, 4) is 0 Å². The van der Waals surface area contributed by atoms with E-state index < -0.39 is 11.4 Å². The van der Waals surface area contributed by atoms with Crippen molar-refractivity contribution in [2.75, 3.05) is 0 Å². The van der Waals surface area contributed by atoms with Crippen LogP contribution in [0.3, 0.4) is 0 Å². The van der Waals surface area contributed by atoms with Crippen LogP contribution in [-0.2, 0) is 10.2 Å². The van der Waals surface area contributed by atoms with Crippen LogP contribution in [0.4, 0.5) is 0 Å². The first-order valence-electron chi connectivity index (χ1n) is 5.67. The van der Waals surface area contributed by atoms with Crippen LogP contribution in [0.5, 0.6) is 0 Å². The van der Waals surface area contributed by atoms with Gasteiger partial charge < -0.3 is 5.11 Å². The fraction of sp³-hybridized carbons (Fsp3) is 0.462. The van der Waals surface area contributed by atoms with Gasteiger partial charge in [0.2, 0.25) is 0 Å². The van der Waals surface area contributed by atoms with Crippen LogP contribution in [0.2, 0.25) is 10.0 Å². The highest BCUT2D eigenvalue weighted by molar-refractivity contribution is 6.42. The molecular weight excluding hydrogens is 259 g/mol. The van der Waals surface area contributed by atoms with Crippen molar-refractivity contribution < 1.29 is 9.90 Å². The Kier molecular flexibility index (Phi) is 3.37. The van der Waals surface area contributed by atoms with Gasteiger partial charge in [0.25, 0.3) is 0 Å². The lowest BCUT2D eigenvalue weighted by atomic mass is 9.73. The Labute approximate surface area is 111 Å². The lowest BCUT2D eigenvalue weighted by Crippen LogP contribution is -2.38. The predicted octanol–water partition coefficient (Wildman–Crippen LogP) is 4.14. The lowest BCUT2D eigenvalue weighted by Gasteiger charge is -2.29. The van der Waals surface area contributed by atoms with E-state index in [1.807, 2.05) is 6.92 Å². The van der Waals surface area contributed by atoms with E-state index in [4.69, 9.17) is 23.2 Å². The van der Waals surface area contributed by atoms with Crippen molar-refractivity contribution in [1.29, 1.82) is 0 Å². The minimum absolute atomic E-state index is 0.122. The number of benzene rings is 1. The third-order valence-electron chi connectivity index (χ3n) is 3.87. The average molecular weight is 273 g/mol. The van der Waals surface area contributed by atoms with Crippen molar-refractivity contribution in [3.63, 3.8) is 0 Å². The average Bonchev–Trinajstić information content (AvgIpc) is 2.65. The molecule has 1 fully saturated rings. The number of carboxylic acids is 1. The van der Waals surface area contributed by atoms with Crippen molar-refractivity contribution in [1.82, 2.24) is 0 Å². The Morgan fingerprint density at radius 2 is 2.12 bits per heavy atom. The van der Waals surface area contributed by atoms with E-state index in [9.17, 15) is 9.90 Å². The Hall–Kier alpha value is -0.730. The summed E-state index contributed by atoms with van der Waals surface area (Å²) in [4.78, 5) is 11.7. The highest BCUT2D eigenvalue weighted by Crippen LogP contribution is 2.46. The first-order chi connectivity index (χ1) is 7.98. The van der Waals surface area contributed by atoms with Gasteiger partial charge in [0, 0.05) is 0 Å². The van der Waals surface area contributed by atoms with Gasteiger partial charge in [-0.3, -0.25) is 4.79 Å². The largest absolute Gasteiger partial charge is 0.481 e. The normalized spacial score (nSPS) is 28.3.